The largest absolute Gasteiger partial charge is 0.446 e. The Morgan fingerprint density at radius 1 is 0.943 bits per heavy atom. The van der Waals surface area contributed by atoms with Gasteiger partial charge >= 0.3 is 12.2 Å². The first-order valence-corrected chi connectivity index (χ1v) is 20.5. The van der Waals surface area contributed by atoms with Gasteiger partial charge in [0, 0.05) is 38.3 Å². The molecule has 4 heterocycles. The summed E-state index contributed by atoms with van der Waals surface area (Å²) in [6.07, 6.45) is 7.21. The van der Waals surface area contributed by atoms with Gasteiger partial charge in [-0.15, -0.1) is 0 Å². The van der Waals surface area contributed by atoms with E-state index < -0.39 is 74.8 Å². The molecule has 1 aromatic rings. The van der Waals surface area contributed by atoms with Gasteiger partial charge in [0.2, 0.25) is 21.8 Å². The Morgan fingerprint density at radius 2 is 1.72 bits per heavy atom. The van der Waals surface area contributed by atoms with Crippen molar-refractivity contribution in [2.24, 2.45) is 5.92 Å². The van der Waals surface area contributed by atoms with Crippen molar-refractivity contribution in [1.82, 2.24) is 25.2 Å². The van der Waals surface area contributed by atoms with Crippen LogP contribution in [0.25, 0.3) is 0 Å². The Kier molecular flexibility index (Phi) is 11.0. The molecule has 5 amide bonds. The smallest absolute Gasteiger partial charge is 0.410 e. The number of benzene rings is 1. The fraction of sp³-hybridized carbons (Fsp3) is 0.649. The summed E-state index contributed by atoms with van der Waals surface area (Å²) < 4.78 is 44.7. The third-order valence-electron chi connectivity index (χ3n) is 11.2. The molecule has 1 aromatic carbocycles. The van der Waals surface area contributed by atoms with Crippen LogP contribution >= 0.6 is 0 Å². The second-order valence-corrected chi connectivity index (χ2v) is 17.1. The lowest BCUT2D eigenvalue weighted by atomic mass is 10.0. The summed E-state index contributed by atoms with van der Waals surface area (Å²) in [6.45, 7) is 1.64. The maximum atomic E-state index is 14.4. The third kappa shape index (κ3) is 8.64. The monoisotopic (exact) mass is 755 g/mol. The number of allylic oxidation sites excluding steroid dienone is 1. The number of alkyl carbamates (subject to hydrolysis) is 1. The summed E-state index contributed by atoms with van der Waals surface area (Å²) in [5.74, 6) is -2.45. The van der Waals surface area contributed by atoms with Crippen molar-refractivity contribution in [3.8, 4) is 0 Å². The number of hydrogen-bond donors (Lipinski definition) is 3. The molecule has 0 unspecified atom stereocenters. The summed E-state index contributed by atoms with van der Waals surface area (Å²) >= 11 is 0. The molecule has 0 aromatic heterocycles. The number of nitrogens with one attached hydrogen (secondary N) is 3. The molecule has 0 spiro atoms. The number of rotatable bonds is 6. The Morgan fingerprint density at radius 3 is 2.49 bits per heavy atom. The van der Waals surface area contributed by atoms with Gasteiger partial charge in [-0.1, -0.05) is 49.3 Å². The summed E-state index contributed by atoms with van der Waals surface area (Å²) in [5.41, 5.74) is 0.660. The first-order valence-electron chi connectivity index (χ1n) is 18.9. The Labute approximate surface area is 309 Å². The van der Waals surface area contributed by atoms with Gasteiger partial charge in [-0.2, -0.15) is 0 Å². The van der Waals surface area contributed by atoms with Crippen molar-refractivity contribution in [2.45, 2.75) is 119 Å². The summed E-state index contributed by atoms with van der Waals surface area (Å²) in [6, 6.07) is 5.67. The van der Waals surface area contributed by atoms with Crippen molar-refractivity contribution in [2.75, 3.05) is 26.3 Å². The number of hydrogen-bond acceptors (Lipinski definition) is 10. The molecule has 0 radical (unpaired) electrons. The highest BCUT2D eigenvalue weighted by atomic mass is 32.2. The van der Waals surface area contributed by atoms with Crippen molar-refractivity contribution < 1.29 is 46.6 Å². The van der Waals surface area contributed by atoms with E-state index in [0.717, 1.165) is 24.0 Å². The molecule has 7 rings (SSSR count). The van der Waals surface area contributed by atoms with Crippen LogP contribution in [0.3, 0.4) is 0 Å². The zero-order valence-electron chi connectivity index (χ0n) is 29.8. The predicted molar refractivity (Wildman–Crippen MR) is 189 cm³/mol. The van der Waals surface area contributed by atoms with Gasteiger partial charge in [0.25, 0.3) is 5.91 Å². The van der Waals surface area contributed by atoms with Gasteiger partial charge in [-0.05, 0) is 56.1 Å². The third-order valence-corrected chi connectivity index (χ3v) is 13.1. The van der Waals surface area contributed by atoms with Crippen LogP contribution < -0.4 is 15.4 Å². The van der Waals surface area contributed by atoms with E-state index in [2.05, 4.69) is 15.4 Å². The molecule has 3 N–H and O–H groups in total. The quantitative estimate of drug-likeness (QED) is 0.364. The normalized spacial score (nSPS) is 30.3. The average Bonchev–Trinajstić information content (AvgIpc) is 4.07. The molecule has 6 aliphatic rings. The van der Waals surface area contributed by atoms with E-state index >= 15 is 0 Å². The maximum absolute atomic E-state index is 14.4. The Hall–Kier alpha value is -4.18. The van der Waals surface area contributed by atoms with E-state index in [1.165, 1.54) is 4.90 Å². The topological polar surface area (TPSA) is 190 Å². The van der Waals surface area contributed by atoms with Gasteiger partial charge in [-0.25, -0.2) is 18.0 Å². The molecule has 2 saturated heterocycles. The van der Waals surface area contributed by atoms with Crippen LogP contribution in [0.1, 0.15) is 81.8 Å². The van der Waals surface area contributed by atoms with Crippen LogP contribution in [-0.2, 0) is 51.6 Å². The molecule has 2 aliphatic carbocycles. The van der Waals surface area contributed by atoms with Crippen LogP contribution in [0.2, 0.25) is 0 Å². The lowest BCUT2D eigenvalue weighted by Gasteiger charge is -2.30. The van der Waals surface area contributed by atoms with Gasteiger partial charge in [0.1, 0.15) is 29.8 Å². The average molecular weight is 756 g/mol. The molecule has 15 nitrogen and oxygen atoms in total. The van der Waals surface area contributed by atoms with Crippen molar-refractivity contribution in [3.63, 3.8) is 0 Å². The number of carbonyl (C=O) groups is 5. The molecule has 5 atom stereocenters. The molecule has 53 heavy (non-hydrogen) atoms. The van der Waals surface area contributed by atoms with Gasteiger partial charge in [0.05, 0.1) is 25.0 Å². The van der Waals surface area contributed by atoms with Gasteiger partial charge in [0.15, 0.2) is 0 Å². The number of amides is 5. The molecule has 4 aliphatic heterocycles. The minimum Gasteiger partial charge on any atom is -0.446 e. The Balaban J connectivity index is 1.12. The molecule has 288 valence electrons. The zero-order chi connectivity index (χ0) is 37.2. The predicted octanol–water partition coefficient (Wildman–Crippen LogP) is 2.43. The van der Waals surface area contributed by atoms with E-state index in [1.54, 1.807) is 4.90 Å². The van der Waals surface area contributed by atoms with Gasteiger partial charge < -0.3 is 34.6 Å². The molecular formula is C37H49N5O10S. The van der Waals surface area contributed by atoms with Crippen LogP contribution in [-0.4, -0.2) is 110 Å². The van der Waals surface area contributed by atoms with E-state index in [-0.39, 0.29) is 25.5 Å². The van der Waals surface area contributed by atoms with Crippen LogP contribution in [0.5, 0.6) is 0 Å². The molecular weight excluding hydrogens is 706 g/mol. The molecule has 0 bridgehead atoms. The van der Waals surface area contributed by atoms with E-state index in [1.807, 2.05) is 36.4 Å². The zero-order valence-corrected chi connectivity index (χ0v) is 30.7. The van der Waals surface area contributed by atoms with E-state index in [9.17, 15) is 32.4 Å². The van der Waals surface area contributed by atoms with E-state index in [4.69, 9.17) is 14.2 Å². The number of ether oxygens (including phenoxy) is 3. The second kappa shape index (κ2) is 15.7. The maximum Gasteiger partial charge on any atom is 0.410 e. The highest BCUT2D eigenvalue weighted by Gasteiger charge is 2.62. The minimum atomic E-state index is -3.90. The van der Waals surface area contributed by atoms with Crippen LogP contribution in [0.15, 0.2) is 36.4 Å². The molecule has 2 saturated carbocycles. The Bertz CT molecular complexity index is 1730. The number of sulfonamides is 1. The lowest BCUT2D eigenvalue weighted by Crippen LogP contribution is -2.58. The fourth-order valence-electron chi connectivity index (χ4n) is 7.84. The van der Waals surface area contributed by atoms with Crippen molar-refractivity contribution in [1.29, 1.82) is 0 Å². The first kappa shape index (κ1) is 37.1. The standard InChI is InChI=1S/C37H49N5O10S/c43-32-31-20-28(52-36(47)41-17-14-24-8-6-7-9-25(24)22-41)23-42(31)33(44)30(38-35(46)51-27-15-18-50-19-16-27)11-5-3-1-2-4-10-26-21-37(26,39-32)34(45)40-53(48,49)29-12-13-29/h4,6-10,26-31H,1-3,5,11-23H2,(H,38,46)(H,39,43)(H,40,45)/b10-4+/t26-,28-,30+,31+,37-/m1/s1. The first-order chi connectivity index (χ1) is 25.5. The minimum absolute atomic E-state index is 0.0500. The molecule has 16 heteroatoms. The van der Waals surface area contributed by atoms with Crippen molar-refractivity contribution in [3.05, 3.63) is 47.5 Å². The number of carbonyl (C=O) groups excluding carboxylic acids is 5. The summed E-state index contributed by atoms with van der Waals surface area (Å²) in [4.78, 5) is 71.8. The second-order valence-electron chi connectivity index (χ2n) is 15.1. The lowest BCUT2D eigenvalue weighted by molar-refractivity contribution is -0.141. The fourth-order valence-corrected chi connectivity index (χ4v) is 9.20. The highest BCUT2D eigenvalue weighted by Crippen LogP contribution is 2.46. The SMILES string of the molecule is O=C(N[C@H]1CCCCC/C=C/[C@@H]2C[C@@]2(C(=O)NS(=O)(=O)C2CC2)NC(=O)[C@@H]2C[C@@H](OC(=O)N3CCc4ccccc4C3)CN2C1=O)OC1CCOCC1. The van der Waals surface area contributed by atoms with E-state index in [0.29, 0.717) is 77.7 Å². The van der Waals surface area contributed by atoms with Crippen molar-refractivity contribution >= 4 is 39.9 Å². The summed E-state index contributed by atoms with van der Waals surface area (Å²) in [5, 5.41) is 4.95. The molecule has 4 fully saturated rings. The number of nitrogens with zero attached hydrogens (tertiary/aromatic N) is 2. The highest BCUT2D eigenvalue weighted by molar-refractivity contribution is 7.91. The van der Waals surface area contributed by atoms with Crippen LogP contribution in [0, 0.1) is 5.92 Å². The summed E-state index contributed by atoms with van der Waals surface area (Å²) in [7, 11) is -3.90. The van der Waals surface area contributed by atoms with Gasteiger partial charge in [-0.3, -0.25) is 19.1 Å². The number of fused-ring (bicyclic) bond motifs is 3. The van der Waals surface area contributed by atoms with Crippen LogP contribution in [0.4, 0.5) is 9.59 Å².